The van der Waals surface area contributed by atoms with Crippen molar-refractivity contribution in [2.45, 2.75) is 77.8 Å². The number of hydrogen-bond acceptors (Lipinski definition) is 2. The molecular formula is C16H27N3. The minimum atomic E-state index is 0.494. The number of nitrogens with zero attached hydrogens (tertiary/aromatic N) is 2. The molecule has 2 aliphatic rings. The molecule has 3 nitrogen and oxygen atoms in total. The molecule has 3 heteroatoms. The van der Waals surface area contributed by atoms with E-state index in [0.717, 1.165) is 11.6 Å². The van der Waals surface area contributed by atoms with E-state index in [4.69, 9.17) is 4.98 Å². The number of rotatable bonds is 3. The second-order valence-corrected chi connectivity index (χ2v) is 7.30. The largest absolute Gasteiger partial charge is 0.353 e. The molecule has 1 N–H and O–H groups in total. The summed E-state index contributed by atoms with van der Waals surface area (Å²) in [6.07, 6.45) is 11.5. The van der Waals surface area contributed by atoms with Crippen LogP contribution in [0.25, 0.3) is 0 Å². The molecule has 2 saturated carbocycles. The van der Waals surface area contributed by atoms with Crippen LogP contribution < -0.4 is 5.32 Å². The smallest absolute Gasteiger partial charge is 0.203 e. The van der Waals surface area contributed by atoms with E-state index in [2.05, 4.69) is 36.9 Å². The Kier molecular flexibility index (Phi) is 3.32. The van der Waals surface area contributed by atoms with Gasteiger partial charge < -0.3 is 9.88 Å². The Morgan fingerprint density at radius 3 is 2.63 bits per heavy atom. The SMILES string of the molecule is Cc1cn(C2CCC(C)(C)C2)c(NC2CCCC2)n1. The van der Waals surface area contributed by atoms with E-state index >= 15 is 0 Å². The van der Waals surface area contributed by atoms with Gasteiger partial charge in [0.1, 0.15) is 0 Å². The molecule has 106 valence electrons. The fourth-order valence-corrected chi connectivity index (χ4v) is 3.79. The highest BCUT2D eigenvalue weighted by molar-refractivity contribution is 5.31. The Labute approximate surface area is 116 Å². The van der Waals surface area contributed by atoms with Gasteiger partial charge in [0.05, 0.1) is 5.69 Å². The van der Waals surface area contributed by atoms with Gasteiger partial charge in [-0.25, -0.2) is 4.98 Å². The van der Waals surface area contributed by atoms with Gasteiger partial charge in [-0.05, 0) is 44.4 Å². The summed E-state index contributed by atoms with van der Waals surface area (Å²) < 4.78 is 2.42. The predicted octanol–water partition coefficient (Wildman–Crippen LogP) is 4.30. The fourth-order valence-electron chi connectivity index (χ4n) is 3.79. The molecule has 1 aromatic heterocycles. The summed E-state index contributed by atoms with van der Waals surface area (Å²) in [5, 5.41) is 3.69. The Morgan fingerprint density at radius 1 is 1.26 bits per heavy atom. The van der Waals surface area contributed by atoms with Crippen LogP contribution in [0.1, 0.15) is 70.5 Å². The minimum Gasteiger partial charge on any atom is -0.353 e. The summed E-state index contributed by atoms with van der Waals surface area (Å²) >= 11 is 0. The van der Waals surface area contributed by atoms with Gasteiger partial charge in [0.2, 0.25) is 5.95 Å². The van der Waals surface area contributed by atoms with E-state index in [1.807, 2.05) is 0 Å². The van der Waals surface area contributed by atoms with Crippen LogP contribution >= 0.6 is 0 Å². The molecule has 19 heavy (non-hydrogen) atoms. The van der Waals surface area contributed by atoms with E-state index in [9.17, 15) is 0 Å². The Morgan fingerprint density at radius 2 is 2.00 bits per heavy atom. The zero-order valence-electron chi connectivity index (χ0n) is 12.6. The minimum absolute atomic E-state index is 0.494. The lowest BCUT2D eigenvalue weighted by molar-refractivity contribution is 0.359. The molecular weight excluding hydrogens is 234 g/mol. The van der Waals surface area contributed by atoms with Crippen LogP contribution in [0.4, 0.5) is 5.95 Å². The van der Waals surface area contributed by atoms with Gasteiger partial charge in [0.15, 0.2) is 0 Å². The monoisotopic (exact) mass is 261 g/mol. The molecule has 3 rings (SSSR count). The van der Waals surface area contributed by atoms with Crippen LogP contribution in [-0.2, 0) is 0 Å². The van der Waals surface area contributed by atoms with Crippen LogP contribution in [0.3, 0.4) is 0 Å². The molecule has 0 aromatic carbocycles. The van der Waals surface area contributed by atoms with Gasteiger partial charge in [0.25, 0.3) is 0 Å². The molecule has 0 amide bonds. The molecule has 1 heterocycles. The summed E-state index contributed by atoms with van der Waals surface area (Å²) in [7, 11) is 0. The van der Waals surface area contributed by atoms with Crippen LogP contribution in [0.2, 0.25) is 0 Å². The normalized spacial score (nSPS) is 27.0. The van der Waals surface area contributed by atoms with Crippen molar-refractivity contribution in [3.8, 4) is 0 Å². The first kappa shape index (κ1) is 13.0. The second-order valence-electron chi connectivity index (χ2n) is 7.30. The van der Waals surface area contributed by atoms with Crippen LogP contribution in [-0.4, -0.2) is 15.6 Å². The van der Waals surface area contributed by atoms with Gasteiger partial charge in [-0.1, -0.05) is 26.7 Å². The second kappa shape index (κ2) is 4.84. The topological polar surface area (TPSA) is 29.9 Å². The Hall–Kier alpha value is -0.990. The number of aromatic nitrogens is 2. The van der Waals surface area contributed by atoms with Crippen molar-refractivity contribution in [3.05, 3.63) is 11.9 Å². The number of hydrogen-bond donors (Lipinski definition) is 1. The van der Waals surface area contributed by atoms with E-state index in [0.29, 0.717) is 17.5 Å². The molecule has 0 aliphatic heterocycles. The molecule has 0 spiro atoms. The number of anilines is 1. The zero-order valence-corrected chi connectivity index (χ0v) is 12.6. The van der Waals surface area contributed by atoms with E-state index in [-0.39, 0.29) is 0 Å². The molecule has 1 aromatic rings. The van der Waals surface area contributed by atoms with E-state index in [1.54, 1.807) is 0 Å². The van der Waals surface area contributed by atoms with Crippen LogP contribution in [0.5, 0.6) is 0 Å². The summed E-state index contributed by atoms with van der Waals surface area (Å²) in [6.45, 7) is 6.89. The van der Waals surface area contributed by atoms with Crippen molar-refractivity contribution in [2.24, 2.45) is 5.41 Å². The van der Waals surface area contributed by atoms with Crippen molar-refractivity contribution < 1.29 is 0 Å². The maximum absolute atomic E-state index is 4.72. The molecule has 0 bridgehead atoms. The summed E-state index contributed by atoms with van der Waals surface area (Å²) in [5.74, 6) is 1.12. The third-order valence-electron chi connectivity index (χ3n) is 4.88. The molecule has 0 radical (unpaired) electrons. The third-order valence-corrected chi connectivity index (χ3v) is 4.88. The predicted molar refractivity (Wildman–Crippen MR) is 79.5 cm³/mol. The average molecular weight is 261 g/mol. The molecule has 2 fully saturated rings. The first-order valence-corrected chi connectivity index (χ1v) is 7.85. The quantitative estimate of drug-likeness (QED) is 0.879. The van der Waals surface area contributed by atoms with Gasteiger partial charge in [-0.2, -0.15) is 0 Å². The van der Waals surface area contributed by atoms with Crippen LogP contribution in [0, 0.1) is 12.3 Å². The Bertz CT molecular complexity index is 441. The van der Waals surface area contributed by atoms with Crippen molar-refractivity contribution in [3.63, 3.8) is 0 Å². The number of imidazole rings is 1. The van der Waals surface area contributed by atoms with Gasteiger partial charge in [-0.15, -0.1) is 0 Å². The molecule has 1 atom stereocenters. The highest BCUT2D eigenvalue weighted by Crippen LogP contribution is 2.44. The number of nitrogens with one attached hydrogen (secondary N) is 1. The van der Waals surface area contributed by atoms with E-state index < -0.39 is 0 Å². The third kappa shape index (κ3) is 2.80. The van der Waals surface area contributed by atoms with E-state index in [1.165, 1.54) is 44.9 Å². The van der Waals surface area contributed by atoms with Crippen LogP contribution in [0.15, 0.2) is 6.20 Å². The van der Waals surface area contributed by atoms with Crippen molar-refractivity contribution >= 4 is 5.95 Å². The average Bonchev–Trinajstić information content (AvgIpc) is 3.01. The fraction of sp³-hybridized carbons (Fsp3) is 0.812. The lowest BCUT2D eigenvalue weighted by atomic mass is 9.92. The zero-order chi connectivity index (χ0) is 13.5. The highest BCUT2D eigenvalue weighted by atomic mass is 15.2. The molecule has 2 aliphatic carbocycles. The highest BCUT2D eigenvalue weighted by Gasteiger charge is 2.33. The number of aryl methyl sites for hydroxylation is 1. The van der Waals surface area contributed by atoms with Crippen molar-refractivity contribution in [1.82, 2.24) is 9.55 Å². The summed E-state index contributed by atoms with van der Waals surface area (Å²) in [6, 6.07) is 1.29. The van der Waals surface area contributed by atoms with Crippen molar-refractivity contribution in [2.75, 3.05) is 5.32 Å². The van der Waals surface area contributed by atoms with Gasteiger partial charge in [0, 0.05) is 18.3 Å². The lowest BCUT2D eigenvalue weighted by Crippen LogP contribution is -2.19. The first-order chi connectivity index (χ1) is 9.03. The lowest BCUT2D eigenvalue weighted by Gasteiger charge is -2.21. The first-order valence-electron chi connectivity index (χ1n) is 7.85. The van der Waals surface area contributed by atoms with Gasteiger partial charge in [-0.3, -0.25) is 0 Å². The molecule has 0 saturated heterocycles. The maximum atomic E-state index is 4.72. The van der Waals surface area contributed by atoms with Crippen molar-refractivity contribution in [1.29, 1.82) is 0 Å². The standard InChI is InChI=1S/C16H27N3/c1-12-11-19(14-8-9-16(2,3)10-14)15(17-12)18-13-6-4-5-7-13/h11,13-14H,4-10H2,1-3H3,(H,17,18). The molecule has 1 unspecified atom stereocenters. The maximum Gasteiger partial charge on any atom is 0.203 e. The van der Waals surface area contributed by atoms with Gasteiger partial charge >= 0.3 is 0 Å². The summed E-state index contributed by atoms with van der Waals surface area (Å²) in [5.41, 5.74) is 1.64. The summed E-state index contributed by atoms with van der Waals surface area (Å²) in [4.78, 5) is 4.72. The Balaban J connectivity index is 1.77.